The molecule has 2 aromatic carbocycles. The van der Waals surface area contributed by atoms with Crippen LogP contribution < -0.4 is 15.4 Å². The van der Waals surface area contributed by atoms with Crippen LogP contribution in [0.25, 0.3) is 0 Å². The number of methoxy groups -OCH3 is 1. The molecule has 2 rings (SSSR count). The number of likely N-dealkylation sites (N-methyl/N-ethyl adjacent to an activating group) is 1. The normalized spacial score (nSPS) is 11.8. The van der Waals surface area contributed by atoms with Crippen molar-refractivity contribution in [2.24, 2.45) is 0 Å². The molecule has 0 saturated heterocycles. The topological polar surface area (TPSA) is 70.7 Å². The number of hydrogen-bond donors (Lipinski definition) is 2. The number of benzene rings is 2. The summed E-state index contributed by atoms with van der Waals surface area (Å²) in [5.41, 5.74) is 0.832. The van der Waals surface area contributed by atoms with Gasteiger partial charge in [0.1, 0.15) is 17.4 Å². The van der Waals surface area contributed by atoms with Crippen LogP contribution >= 0.6 is 0 Å². The Labute approximate surface area is 187 Å². The molecule has 0 spiro atoms. The molecule has 0 heterocycles. The fourth-order valence-electron chi connectivity index (χ4n) is 3.49. The smallest absolute Gasteiger partial charge is 0.254 e. The van der Waals surface area contributed by atoms with E-state index in [-0.39, 0.29) is 30.5 Å². The van der Waals surface area contributed by atoms with Crippen molar-refractivity contribution >= 4 is 11.8 Å². The number of hydrogen-bond acceptors (Lipinski definition) is 4. The molecule has 1 unspecified atom stereocenters. The Kier molecular flexibility index (Phi) is 10.1. The van der Waals surface area contributed by atoms with Gasteiger partial charge in [0, 0.05) is 25.6 Å². The number of nitrogens with one attached hydrogen (secondary N) is 2. The zero-order valence-electron chi connectivity index (χ0n) is 18.8. The highest BCUT2D eigenvalue weighted by Crippen LogP contribution is 2.23. The van der Waals surface area contributed by atoms with Gasteiger partial charge in [0.25, 0.3) is 5.91 Å². The van der Waals surface area contributed by atoms with Crippen LogP contribution in [0.2, 0.25) is 0 Å². The summed E-state index contributed by atoms with van der Waals surface area (Å²) < 4.78 is 31.9. The van der Waals surface area contributed by atoms with Crippen LogP contribution in [0.15, 0.2) is 42.5 Å². The van der Waals surface area contributed by atoms with Gasteiger partial charge in [0.2, 0.25) is 5.91 Å². The summed E-state index contributed by atoms with van der Waals surface area (Å²) >= 11 is 0. The first-order chi connectivity index (χ1) is 15.4. The summed E-state index contributed by atoms with van der Waals surface area (Å²) in [6.07, 6.45) is 0.616. The summed E-state index contributed by atoms with van der Waals surface area (Å²) in [7, 11) is 1.62. The lowest BCUT2D eigenvalue weighted by Gasteiger charge is -2.30. The molecule has 0 bridgehead atoms. The molecule has 0 fully saturated rings. The van der Waals surface area contributed by atoms with E-state index in [1.54, 1.807) is 7.11 Å². The molecule has 6 nitrogen and oxygen atoms in total. The first-order valence-corrected chi connectivity index (χ1v) is 10.8. The first kappa shape index (κ1) is 25.3. The maximum Gasteiger partial charge on any atom is 0.254 e. The second-order valence-electron chi connectivity index (χ2n) is 7.30. The molecule has 2 amide bonds. The Balaban J connectivity index is 1.84. The zero-order chi connectivity index (χ0) is 23.5. The van der Waals surface area contributed by atoms with Gasteiger partial charge in [-0.1, -0.05) is 26.0 Å². The van der Waals surface area contributed by atoms with E-state index in [1.165, 1.54) is 0 Å². The Bertz CT molecular complexity index is 904. The number of amides is 2. The molecule has 2 aromatic rings. The van der Waals surface area contributed by atoms with E-state index in [0.717, 1.165) is 36.5 Å². The summed E-state index contributed by atoms with van der Waals surface area (Å²) in [6, 6.07) is 10.6. The lowest BCUT2D eigenvalue weighted by Crippen LogP contribution is -2.38. The van der Waals surface area contributed by atoms with Gasteiger partial charge in [-0.3, -0.25) is 14.5 Å². The first-order valence-electron chi connectivity index (χ1n) is 10.8. The van der Waals surface area contributed by atoms with Crippen molar-refractivity contribution in [2.45, 2.75) is 32.7 Å². The van der Waals surface area contributed by atoms with Gasteiger partial charge < -0.3 is 15.4 Å². The van der Waals surface area contributed by atoms with Gasteiger partial charge in [0.15, 0.2) is 0 Å². The van der Waals surface area contributed by atoms with Crippen LogP contribution in [0.5, 0.6) is 5.75 Å². The third-order valence-electron chi connectivity index (χ3n) is 5.27. The molecule has 0 radical (unpaired) electrons. The second-order valence-corrected chi connectivity index (χ2v) is 7.30. The largest absolute Gasteiger partial charge is 0.497 e. The fraction of sp³-hybridized carbons (Fsp3) is 0.417. The van der Waals surface area contributed by atoms with E-state index in [1.807, 2.05) is 24.3 Å². The van der Waals surface area contributed by atoms with E-state index >= 15 is 0 Å². The minimum absolute atomic E-state index is 0.00482. The zero-order valence-corrected chi connectivity index (χ0v) is 18.8. The standard InChI is InChI=1S/C24H31F2N3O3/c1-4-29(5-2)22(17-8-6-9-19(14-17)32-3)16-28-23(30)10-7-13-27-24(31)20-12-11-18(25)15-21(20)26/h6,8-9,11-12,14-15,22H,4-5,7,10,13,16H2,1-3H3,(H,27,31)(H,28,30). The summed E-state index contributed by atoms with van der Waals surface area (Å²) in [5, 5.41) is 5.52. The van der Waals surface area contributed by atoms with E-state index in [9.17, 15) is 18.4 Å². The van der Waals surface area contributed by atoms with E-state index < -0.39 is 17.5 Å². The summed E-state index contributed by atoms with van der Waals surface area (Å²) in [4.78, 5) is 26.6. The Morgan fingerprint density at radius 1 is 1.06 bits per heavy atom. The maximum absolute atomic E-state index is 13.6. The average molecular weight is 448 g/mol. The van der Waals surface area contributed by atoms with E-state index in [4.69, 9.17) is 4.74 Å². The van der Waals surface area contributed by atoms with Gasteiger partial charge in [0.05, 0.1) is 18.7 Å². The van der Waals surface area contributed by atoms with Gasteiger partial charge >= 0.3 is 0 Å². The molecule has 0 saturated carbocycles. The molecular formula is C24H31F2N3O3. The molecule has 0 aromatic heterocycles. The van der Waals surface area contributed by atoms with Crippen LogP contribution in [0, 0.1) is 11.6 Å². The van der Waals surface area contributed by atoms with Crippen molar-refractivity contribution < 1.29 is 23.1 Å². The highest BCUT2D eigenvalue weighted by molar-refractivity contribution is 5.94. The molecule has 32 heavy (non-hydrogen) atoms. The average Bonchev–Trinajstić information content (AvgIpc) is 2.79. The van der Waals surface area contributed by atoms with Crippen LogP contribution in [0.1, 0.15) is 48.7 Å². The number of halogens is 2. The SMILES string of the molecule is CCN(CC)C(CNC(=O)CCCNC(=O)c1ccc(F)cc1F)c1cccc(OC)c1. The molecule has 0 aliphatic heterocycles. The highest BCUT2D eigenvalue weighted by atomic mass is 19.1. The predicted octanol–water partition coefficient (Wildman–Crippen LogP) is 3.68. The number of nitrogens with zero attached hydrogens (tertiary/aromatic N) is 1. The van der Waals surface area contributed by atoms with Gasteiger partial charge in [-0.15, -0.1) is 0 Å². The number of carbonyl (C=O) groups excluding carboxylic acids is 2. The monoisotopic (exact) mass is 447 g/mol. The quantitative estimate of drug-likeness (QED) is 0.487. The second kappa shape index (κ2) is 12.8. The molecule has 8 heteroatoms. The number of rotatable bonds is 12. The predicted molar refractivity (Wildman–Crippen MR) is 120 cm³/mol. The third-order valence-corrected chi connectivity index (χ3v) is 5.27. The Morgan fingerprint density at radius 2 is 1.81 bits per heavy atom. The van der Waals surface area contributed by atoms with Crippen molar-refractivity contribution in [3.05, 3.63) is 65.2 Å². The Hall–Kier alpha value is -3.00. The highest BCUT2D eigenvalue weighted by Gasteiger charge is 2.19. The molecule has 2 N–H and O–H groups in total. The van der Waals surface area contributed by atoms with Crippen molar-refractivity contribution in [3.63, 3.8) is 0 Å². The molecule has 1 atom stereocenters. The molecule has 0 aliphatic carbocycles. The third kappa shape index (κ3) is 7.30. The van der Waals surface area contributed by atoms with E-state index in [2.05, 4.69) is 29.4 Å². The van der Waals surface area contributed by atoms with Gasteiger partial charge in [-0.2, -0.15) is 0 Å². The number of ether oxygens (including phenoxy) is 1. The van der Waals surface area contributed by atoms with Gasteiger partial charge in [-0.05, 0) is 49.3 Å². The minimum Gasteiger partial charge on any atom is -0.497 e. The fourth-order valence-corrected chi connectivity index (χ4v) is 3.49. The van der Waals surface area contributed by atoms with Crippen molar-refractivity contribution in [1.82, 2.24) is 15.5 Å². The van der Waals surface area contributed by atoms with Crippen LogP contribution in [-0.4, -0.2) is 50.0 Å². The van der Waals surface area contributed by atoms with Crippen molar-refractivity contribution in [1.29, 1.82) is 0 Å². The van der Waals surface area contributed by atoms with E-state index in [0.29, 0.717) is 19.0 Å². The molecular weight excluding hydrogens is 416 g/mol. The minimum atomic E-state index is -0.916. The Morgan fingerprint density at radius 3 is 2.47 bits per heavy atom. The summed E-state index contributed by atoms with van der Waals surface area (Å²) in [5.74, 6) is -1.66. The van der Waals surface area contributed by atoms with Crippen LogP contribution in [0.4, 0.5) is 8.78 Å². The maximum atomic E-state index is 13.6. The number of carbonyl (C=O) groups is 2. The van der Waals surface area contributed by atoms with Crippen molar-refractivity contribution in [2.75, 3.05) is 33.3 Å². The lowest BCUT2D eigenvalue weighted by atomic mass is 10.0. The lowest BCUT2D eigenvalue weighted by molar-refractivity contribution is -0.121. The van der Waals surface area contributed by atoms with Crippen molar-refractivity contribution in [3.8, 4) is 5.75 Å². The summed E-state index contributed by atoms with van der Waals surface area (Å²) in [6.45, 7) is 6.47. The van der Waals surface area contributed by atoms with Crippen LogP contribution in [-0.2, 0) is 4.79 Å². The molecule has 174 valence electrons. The van der Waals surface area contributed by atoms with Gasteiger partial charge in [-0.25, -0.2) is 8.78 Å². The molecule has 0 aliphatic rings. The van der Waals surface area contributed by atoms with Crippen LogP contribution in [0.3, 0.4) is 0 Å².